The van der Waals surface area contributed by atoms with Crippen LogP contribution in [0.4, 0.5) is 5.69 Å². The molecule has 1 aromatic carbocycles. The minimum Gasteiger partial charge on any atom is -0.478 e. The van der Waals surface area contributed by atoms with E-state index in [1.165, 1.54) is 22.3 Å². The lowest BCUT2D eigenvalue weighted by molar-refractivity contribution is -0.134. The molecule has 0 radical (unpaired) electrons. The number of aliphatic carboxylic acids is 2. The smallest absolute Gasteiger partial charge is 0.328 e. The van der Waals surface area contributed by atoms with Gasteiger partial charge in [0.2, 0.25) is 0 Å². The van der Waals surface area contributed by atoms with E-state index in [0.717, 1.165) is 13.0 Å². The maximum Gasteiger partial charge on any atom is 0.328 e. The number of nitrogens with zero attached hydrogens (tertiary/aromatic N) is 3. The number of aromatic nitrogens is 2. The Morgan fingerprint density at radius 1 is 1.07 bits per heavy atom. The molecule has 0 spiro atoms. The number of benzene rings is 1. The zero-order valence-corrected chi connectivity index (χ0v) is 15.8. The molecule has 28 heavy (non-hydrogen) atoms. The quantitative estimate of drug-likeness (QED) is 0.632. The fraction of sp³-hybridized carbons (Fsp3) is 0.190. The van der Waals surface area contributed by atoms with E-state index in [2.05, 4.69) is 71.0 Å². The minimum atomic E-state index is -1.26. The molecule has 0 fully saturated rings. The Bertz CT molecular complexity index is 948. The Balaban J connectivity index is 0.000000300. The zero-order valence-electron chi connectivity index (χ0n) is 15.8. The summed E-state index contributed by atoms with van der Waals surface area (Å²) >= 11 is 0. The normalized spacial score (nSPS) is 10.5. The second kappa shape index (κ2) is 9.91. The molecule has 2 N–H and O–H groups in total. The maximum absolute atomic E-state index is 9.55. The van der Waals surface area contributed by atoms with Crippen LogP contribution in [0.15, 0.2) is 67.0 Å². The fourth-order valence-electron chi connectivity index (χ4n) is 2.81. The zero-order chi connectivity index (χ0) is 20.5. The molecule has 0 saturated carbocycles. The van der Waals surface area contributed by atoms with Gasteiger partial charge in [-0.15, -0.1) is 0 Å². The second-order valence-corrected chi connectivity index (χ2v) is 5.99. The van der Waals surface area contributed by atoms with E-state index in [4.69, 9.17) is 10.2 Å². The van der Waals surface area contributed by atoms with Gasteiger partial charge < -0.3 is 10.2 Å². The number of pyridine rings is 1. The van der Waals surface area contributed by atoms with Crippen LogP contribution in [0.3, 0.4) is 0 Å². The van der Waals surface area contributed by atoms with Crippen molar-refractivity contribution in [3.8, 4) is 0 Å². The Kier molecular flexibility index (Phi) is 7.33. The highest BCUT2D eigenvalue weighted by Crippen LogP contribution is 2.24. The van der Waals surface area contributed by atoms with Crippen LogP contribution in [0.25, 0.3) is 10.9 Å². The van der Waals surface area contributed by atoms with Crippen LogP contribution >= 0.6 is 0 Å². The molecule has 0 bridgehead atoms. The van der Waals surface area contributed by atoms with Gasteiger partial charge in [0, 0.05) is 42.2 Å². The third kappa shape index (κ3) is 5.44. The molecule has 146 valence electrons. The highest BCUT2D eigenvalue weighted by Gasteiger charge is 2.13. The summed E-state index contributed by atoms with van der Waals surface area (Å²) in [4.78, 5) is 23.2. The molecule has 0 unspecified atom stereocenters. The molecule has 7 heteroatoms. The number of aryl methyl sites for hydroxylation is 1. The molecule has 0 aliphatic heterocycles. The first kappa shape index (κ1) is 20.7. The fourth-order valence-corrected chi connectivity index (χ4v) is 2.81. The summed E-state index contributed by atoms with van der Waals surface area (Å²) in [7, 11) is 0. The van der Waals surface area contributed by atoms with Crippen molar-refractivity contribution in [2.75, 3.05) is 11.6 Å². The molecule has 3 rings (SSSR count). The molecule has 0 aliphatic rings. The molecule has 0 atom stereocenters. The van der Waals surface area contributed by atoms with Crippen LogP contribution in [-0.4, -0.2) is 38.4 Å². The van der Waals surface area contributed by atoms with Gasteiger partial charge in [0.25, 0.3) is 0 Å². The van der Waals surface area contributed by atoms with Gasteiger partial charge in [-0.25, -0.2) is 9.59 Å². The Morgan fingerprint density at radius 3 is 2.25 bits per heavy atom. The predicted molar refractivity (Wildman–Crippen MR) is 108 cm³/mol. The number of hydrogen-bond acceptors (Lipinski definition) is 4. The van der Waals surface area contributed by atoms with E-state index < -0.39 is 11.9 Å². The molecular formula is C21H23N3O4. The van der Waals surface area contributed by atoms with Crippen molar-refractivity contribution in [2.45, 2.75) is 20.3 Å². The molecule has 7 nitrogen and oxygen atoms in total. The van der Waals surface area contributed by atoms with Gasteiger partial charge in [-0.1, -0.05) is 25.1 Å². The SMILES string of the molecule is CCCN(c1ccncc1)n1c(C)cc2ccccc21.O=C(O)/C=C\C(=O)O. The van der Waals surface area contributed by atoms with Crippen LogP contribution in [0.5, 0.6) is 0 Å². The highest BCUT2D eigenvalue weighted by molar-refractivity contribution is 5.89. The van der Waals surface area contributed by atoms with E-state index >= 15 is 0 Å². The van der Waals surface area contributed by atoms with Crippen molar-refractivity contribution < 1.29 is 19.8 Å². The van der Waals surface area contributed by atoms with Crippen molar-refractivity contribution in [3.63, 3.8) is 0 Å². The van der Waals surface area contributed by atoms with Gasteiger partial charge in [-0.2, -0.15) is 0 Å². The second-order valence-electron chi connectivity index (χ2n) is 5.99. The van der Waals surface area contributed by atoms with Crippen molar-refractivity contribution >= 4 is 28.5 Å². The van der Waals surface area contributed by atoms with Gasteiger partial charge in [-0.3, -0.25) is 14.7 Å². The summed E-state index contributed by atoms with van der Waals surface area (Å²) < 4.78 is 2.30. The summed E-state index contributed by atoms with van der Waals surface area (Å²) in [5.41, 5.74) is 3.66. The molecule has 0 saturated heterocycles. The average Bonchev–Trinajstić information content (AvgIpc) is 3.01. The largest absolute Gasteiger partial charge is 0.478 e. The molecule has 0 amide bonds. The summed E-state index contributed by atoms with van der Waals surface area (Å²) in [6, 6.07) is 14.9. The van der Waals surface area contributed by atoms with Crippen LogP contribution in [-0.2, 0) is 9.59 Å². The van der Waals surface area contributed by atoms with Crippen LogP contribution < -0.4 is 5.01 Å². The molecule has 2 aromatic heterocycles. The van der Waals surface area contributed by atoms with E-state index in [1.54, 1.807) is 0 Å². The van der Waals surface area contributed by atoms with E-state index in [9.17, 15) is 9.59 Å². The first-order chi connectivity index (χ1) is 13.4. The standard InChI is InChI=1S/C17H19N3.C4H4O4/c1-3-12-19(16-8-10-18-11-9-16)20-14(2)13-15-6-4-5-7-17(15)20;5-3(6)1-2-4(7)8/h4-11,13H,3,12H2,1-2H3;1-2H,(H,5,6)(H,7,8)/b;2-1-. The van der Waals surface area contributed by atoms with Crippen molar-refractivity contribution in [1.82, 2.24) is 9.66 Å². The summed E-state index contributed by atoms with van der Waals surface area (Å²) in [6.07, 6.45) is 5.90. The number of fused-ring (bicyclic) bond motifs is 1. The number of carbonyl (C=O) groups is 2. The summed E-state index contributed by atoms with van der Waals surface area (Å²) in [5.74, 6) is -2.51. The number of anilines is 1. The van der Waals surface area contributed by atoms with Gasteiger partial charge in [0.15, 0.2) is 0 Å². The Morgan fingerprint density at radius 2 is 1.68 bits per heavy atom. The number of rotatable bonds is 6. The third-order valence-corrected chi connectivity index (χ3v) is 3.87. The molecule has 2 heterocycles. The van der Waals surface area contributed by atoms with Gasteiger partial charge in [-0.05, 0) is 37.6 Å². The lowest BCUT2D eigenvalue weighted by Gasteiger charge is -2.28. The van der Waals surface area contributed by atoms with E-state index in [1.807, 2.05) is 12.4 Å². The predicted octanol–water partition coefficient (Wildman–Crippen LogP) is 3.74. The molecular weight excluding hydrogens is 358 g/mol. The number of carboxylic acids is 2. The lowest BCUT2D eigenvalue weighted by Crippen LogP contribution is -2.31. The monoisotopic (exact) mass is 381 g/mol. The number of para-hydroxylation sites is 1. The van der Waals surface area contributed by atoms with Crippen LogP contribution in [0.2, 0.25) is 0 Å². The van der Waals surface area contributed by atoms with Crippen molar-refractivity contribution in [3.05, 3.63) is 72.7 Å². The molecule has 3 aromatic rings. The van der Waals surface area contributed by atoms with E-state index in [0.29, 0.717) is 12.2 Å². The van der Waals surface area contributed by atoms with Crippen LogP contribution in [0.1, 0.15) is 19.0 Å². The summed E-state index contributed by atoms with van der Waals surface area (Å²) in [6.45, 7) is 5.34. The van der Waals surface area contributed by atoms with Gasteiger partial charge >= 0.3 is 11.9 Å². The maximum atomic E-state index is 9.55. The van der Waals surface area contributed by atoms with E-state index in [-0.39, 0.29) is 0 Å². The Labute approximate surface area is 163 Å². The molecule has 0 aliphatic carbocycles. The Hall–Kier alpha value is -3.61. The first-order valence-corrected chi connectivity index (χ1v) is 8.83. The van der Waals surface area contributed by atoms with Crippen molar-refractivity contribution in [1.29, 1.82) is 0 Å². The lowest BCUT2D eigenvalue weighted by atomic mass is 10.2. The first-order valence-electron chi connectivity index (χ1n) is 8.83. The minimum absolute atomic E-state index is 0.558. The highest BCUT2D eigenvalue weighted by atomic mass is 16.4. The third-order valence-electron chi connectivity index (χ3n) is 3.87. The number of hydrogen-bond donors (Lipinski definition) is 2. The van der Waals surface area contributed by atoms with Gasteiger partial charge in [0.1, 0.15) is 0 Å². The average molecular weight is 381 g/mol. The number of carboxylic acid groups (broad SMARTS) is 2. The van der Waals surface area contributed by atoms with Crippen molar-refractivity contribution in [2.24, 2.45) is 0 Å². The summed E-state index contributed by atoms with van der Waals surface area (Å²) in [5, 5.41) is 19.2. The van der Waals surface area contributed by atoms with Crippen LogP contribution in [0, 0.1) is 6.92 Å². The topological polar surface area (TPSA) is 95.7 Å². The van der Waals surface area contributed by atoms with Gasteiger partial charge in [0.05, 0.1) is 11.2 Å².